The van der Waals surface area contributed by atoms with E-state index in [0.29, 0.717) is 18.2 Å². The average Bonchev–Trinajstić information content (AvgIpc) is 2.95. The lowest BCUT2D eigenvalue weighted by Crippen LogP contribution is -2.30. The number of benzene rings is 1. The molecule has 1 atom stereocenters. The van der Waals surface area contributed by atoms with Gasteiger partial charge in [0, 0.05) is 13.1 Å². The van der Waals surface area contributed by atoms with Crippen molar-refractivity contribution in [2.45, 2.75) is 6.42 Å². The fourth-order valence-electron chi connectivity index (χ4n) is 2.43. The van der Waals surface area contributed by atoms with E-state index in [-0.39, 0.29) is 5.91 Å². The molecule has 5 heteroatoms. The first-order valence-corrected chi connectivity index (χ1v) is 6.49. The van der Waals surface area contributed by atoms with Crippen LogP contribution in [0.3, 0.4) is 0 Å². The van der Waals surface area contributed by atoms with Crippen LogP contribution in [0.25, 0.3) is 11.0 Å². The van der Waals surface area contributed by atoms with Crippen LogP contribution in [0.4, 0.5) is 0 Å². The molecule has 1 aliphatic heterocycles. The molecule has 2 aromatic rings. The second kappa shape index (κ2) is 4.93. The number of hydrogen-bond donors (Lipinski definition) is 1. The average molecular weight is 256 g/mol. The van der Waals surface area contributed by atoms with E-state index in [0.717, 1.165) is 30.5 Å². The predicted octanol–water partition coefficient (Wildman–Crippen LogP) is 1.05. The maximum atomic E-state index is 12.3. The summed E-state index contributed by atoms with van der Waals surface area (Å²) in [6.07, 6.45) is 2.53. The molecule has 98 valence electrons. The lowest BCUT2D eigenvalue weighted by molar-refractivity contribution is 0.0782. The van der Waals surface area contributed by atoms with E-state index >= 15 is 0 Å². The number of fused-ring (bicyclic) bond motifs is 1. The Morgan fingerprint density at radius 2 is 2.16 bits per heavy atom. The molecule has 0 radical (unpaired) electrons. The Kier molecular flexibility index (Phi) is 3.13. The molecule has 0 aliphatic carbocycles. The number of nitrogens with two attached hydrogens (primary N) is 1. The smallest absolute Gasteiger partial charge is 0.274 e. The molecule has 0 bridgehead atoms. The highest BCUT2D eigenvalue weighted by molar-refractivity contribution is 5.93. The van der Waals surface area contributed by atoms with Gasteiger partial charge in [0.15, 0.2) is 0 Å². The van der Waals surface area contributed by atoms with E-state index in [9.17, 15) is 4.79 Å². The first-order valence-electron chi connectivity index (χ1n) is 6.49. The number of amides is 1. The summed E-state index contributed by atoms with van der Waals surface area (Å²) in [6.45, 7) is 2.12. The van der Waals surface area contributed by atoms with Gasteiger partial charge in [0.1, 0.15) is 5.69 Å². The van der Waals surface area contributed by atoms with Crippen molar-refractivity contribution in [2.75, 3.05) is 19.6 Å². The number of carbonyl (C=O) groups is 1. The van der Waals surface area contributed by atoms with Crippen molar-refractivity contribution in [3.05, 3.63) is 36.2 Å². The Hall–Kier alpha value is -2.01. The molecule has 1 saturated heterocycles. The van der Waals surface area contributed by atoms with Crippen LogP contribution in [-0.2, 0) is 0 Å². The van der Waals surface area contributed by atoms with Crippen LogP contribution >= 0.6 is 0 Å². The van der Waals surface area contributed by atoms with E-state index in [2.05, 4.69) is 9.97 Å². The van der Waals surface area contributed by atoms with Gasteiger partial charge in [-0.2, -0.15) is 0 Å². The third-order valence-corrected chi connectivity index (χ3v) is 3.57. The number of aromatic nitrogens is 2. The minimum Gasteiger partial charge on any atom is -0.337 e. The van der Waals surface area contributed by atoms with Gasteiger partial charge in [-0.05, 0) is 31.0 Å². The molecule has 1 aliphatic rings. The Labute approximate surface area is 111 Å². The van der Waals surface area contributed by atoms with Crippen molar-refractivity contribution >= 4 is 16.9 Å². The first kappa shape index (κ1) is 12.0. The Morgan fingerprint density at radius 1 is 1.37 bits per heavy atom. The highest BCUT2D eigenvalue weighted by atomic mass is 16.2. The monoisotopic (exact) mass is 256 g/mol. The summed E-state index contributed by atoms with van der Waals surface area (Å²) in [7, 11) is 0. The van der Waals surface area contributed by atoms with Crippen molar-refractivity contribution in [2.24, 2.45) is 11.7 Å². The summed E-state index contributed by atoms with van der Waals surface area (Å²) in [5.74, 6) is 0.367. The largest absolute Gasteiger partial charge is 0.337 e. The van der Waals surface area contributed by atoms with E-state index in [1.165, 1.54) is 0 Å². The van der Waals surface area contributed by atoms with Gasteiger partial charge in [-0.3, -0.25) is 9.78 Å². The van der Waals surface area contributed by atoms with Crippen molar-refractivity contribution < 1.29 is 4.79 Å². The summed E-state index contributed by atoms with van der Waals surface area (Å²) >= 11 is 0. The Bertz CT molecular complexity index is 613. The zero-order valence-corrected chi connectivity index (χ0v) is 10.6. The zero-order valence-electron chi connectivity index (χ0n) is 10.6. The van der Waals surface area contributed by atoms with Gasteiger partial charge in [-0.25, -0.2) is 4.98 Å². The molecule has 2 heterocycles. The van der Waals surface area contributed by atoms with E-state index in [1.54, 1.807) is 6.20 Å². The number of carbonyl (C=O) groups excluding carboxylic acids is 1. The number of nitrogens with zero attached hydrogens (tertiary/aromatic N) is 3. The standard InChI is InChI=1S/C14H16N4O/c15-7-10-5-6-18(9-10)14(19)13-8-16-11-3-1-2-4-12(11)17-13/h1-4,8,10H,5-7,9,15H2. The van der Waals surface area contributed by atoms with Crippen LogP contribution in [0.2, 0.25) is 0 Å². The van der Waals surface area contributed by atoms with Crippen molar-refractivity contribution in [1.82, 2.24) is 14.9 Å². The number of para-hydroxylation sites is 2. The highest BCUT2D eigenvalue weighted by Gasteiger charge is 2.26. The summed E-state index contributed by atoms with van der Waals surface area (Å²) in [5.41, 5.74) is 7.62. The van der Waals surface area contributed by atoms with E-state index < -0.39 is 0 Å². The van der Waals surface area contributed by atoms with Gasteiger partial charge in [-0.15, -0.1) is 0 Å². The van der Waals surface area contributed by atoms with Crippen molar-refractivity contribution in [3.8, 4) is 0 Å². The van der Waals surface area contributed by atoms with Gasteiger partial charge >= 0.3 is 0 Å². The minimum atomic E-state index is -0.0470. The molecule has 5 nitrogen and oxygen atoms in total. The third-order valence-electron chi connectivity index (χ3n) is 3.57. The number of rotatable bonds is 2. The molecule has 0 spiro atoms. The summed E-state index contributed by atoms with van der Waals surface area (Å²) in [5, 5.41) is 0. The van der Waals surface area contributed by atoms with Crippen LogP contribution < -0.4 is 5.73 Å². The second-order valence-electron chi connectivity index (χ2n) is 4.89. The van der Waals surface area contributed by atoms with Crippen LogP contribution in [0.5, 0.6) is 0 Å². The van der Waals surface area contributed by atoms with Crippen LogP contribution in [0.1, 0.15) is 16.9 Å². The highest BCUT2D eigenvalue weighted by Crippen LogP contribution is 2.17. The molecule has 2 N–H and O–H groups in total. The van der Waals surface area contributed by atoms with Crippen LogP contribution in [0, 0.1) is 5.92 Å². The van der Waals surface area contributed by atoms with E-state index in [4.69, 9.17) is 5.73 Å². The van der Waals surface area contributed by atoms with E-state index in [1.807, 2.05) is 29.2 Å². The van der Waals surface area contributed by atoms with Gasteiger partial charge in [0.2, 0.25) is 0 Å². The van der Waals surface area contributed by atoms with Crippen molar-refractivity contribution in [1.29, 1.82) is 0 Å². The Morgan fingerprint density at radius 3 is 2.89 bits per heavy atom. The molecule has 1 fully saturated rings. The SMILES string of the molecule is NCC1CCN(C(=O)c2cnc3ccccc3n2)C1. The number of likely N-dealkylation sites (tertiary alicyclic amines) is 1. The maximum Gasteiger partial charge on any atom is 0.274 e. The van der Waals surface area contributed by atoms with Gasteiger partial charge < -0.3 is 10.6 Å². The number of hydrogen-bond acceptors (Lipinski definition) is 4. The minimum absolute atomic E-state index is 0.0470. The molecule has 1 amide bonds. The lowest BCUT2D eigenvalue weighted by atomic mass is 10.1. The molecular weight excluding hydrogens is 240 g/mol. The first-order chi connectivity index (χ1) is 9.28. The van der Waals surface area contributed by atoms with Gasteiger partial charge in [-0.1, -0.05) is 12.1 Å². The molecule has 19 heavy (non-hydrogen) atoms. The fraction of sp³-hybridized carbons (Fsp3) is 0.357. The quantitative estimate of drug-likeness (QED) is 0.871. The zero-order chi connectivity index (χ0) is 13.2. The van der Waals surface area contributed by atoms with Crippen LogP contribution in [0.15, 0.2) is 30.5 Å². The molecule has 1 aromatic carbocycles. The third kappa shape index (κ3) is 2.29. The maximum absolute atomic E-state index is 12.3. The summed E-state index contributed by atoms with van der Waals surface area (Å²) in [6, 6.07) is 7.55. The fourth-order valence-corrected chi connectivity index (χ4v) is 2.43. The lowest BCUT2D eigenvalue weighted by Gasteiger charge is -2.15. The Balaban J connectivity index is 1.85. The second-order valence-corrected chi connectivity index (χ2v) is 4.89. The summed E-state index contributed by atoms with van der Waals surface area (Å²) < 4.78 is 0. The van der Waals surface area contributed by atoms with Gasteiger partial charge in [0.25, 0.3) is 5.91 Å². The molecule has 1 aromatic heterocycles. The predicted molar refractivity (Wildman–Crippen MR) is 72.6 cm³/mol. The molecule has 3 rings (SSSR count). The molecule has 0 saturated carbocycles. The van der Waals surface area contributed by atoms with Crippen LogP contribution in [-0.4, -0.2) is 40.4 Å². The topological polar surface area (TPSA) is 72.1 Å². The van der Waals surface area contributed by atoms with Crippen molar-refractivity contribution in [3.63, 3.8) is 0 Å². The normalized spacial score (nSPS) is 19.0. The summed E-state index contributed by atoms with van der Waals surface area (Å²) in [4.78, 5) is 22.8. The molecular formula is C14H16N4O. The molecule has 1 unspecified atom stereocenters. The van der Waals surface area contributed by atoms with Gasteiger partial charge in [0.05, 0.1) is 17.2 Å².